The van der Waals surface area contributed by atoms with Crippen molar-refractivity contribution in [2.75, 3.05) is 16.8 Å². The molecule has 0 aromatic carbocycles. The zero-order valence-electron chi connectivity index (χ0n) is 9.26. The number of carbonyl (C=O) groups is 2. The van der Waals surface area contributed by atoms with Gasteiger partial charge in [-0.3, -0.25) is 14.4 Å². The standard InChI is InChI=1S/C10H12BrN3O3/c1-13-9(7(4-12-13)10(16)17)14-5-6(3-11)2-8(14)15/h4,6H,2-3,5H2,1H3,(H,16,17). The number of halogens is 1. The molecule has 0 aliphatic carbocycles. The van der Waals surface area contributed by atoms with E-state index >= 15 is 0 Å². The molecule has 1 aromatic rings. The van der Waals surface area contributed by atoms with Gasteiger partial charge in [-0.2, -0.15) is 5.10 Å². The van der Waals surface area contributed by atoms with E-state index in [2.05, 4.69) is 21.0 Å². The van der Waals surface area contributed by atoms with Gasteiger partial charge in [0.2, 0.25) is 5.91 Å². The number of alkyl halides is 1. The fourth-order valence-electron chi connectivity index (χ4n) is 1.99. The molecular weight excluding hydrogens is 290 g/mol. The summed E-state index contributed by atoms with van der Waals surface area (Å²) < 4.78 is 1.43. The molecule has 6 nitrogen and oxygen atoms in total. The lowest BCUT2D eigenvalue weighted by atomic mass is 10.2. The van der Waals surface area contributed by atoms with Gasteiger partial charge in [-0.15, -0.1) is 0 Å². The normalized spacial score (nSPS) is 20.0. The molecule has 1 fully saturated rings. The number of rotatable bonds is 3. The minimum Gasteiger partial charge on any atom is -0.477 e. The van der Waals surface area contributed by atoms with Crippen LogP contribution in [0.1, 0.15) is 16.8 Å². The Hall–Kier alpha value is -1.37. The van der Waals surface area contributed by atoms with Crippen LogP contribution >= 0.6 is 15.9 Å². The van der Waals surface area contributed by atoms with Crippen molar-refractivity contribution in [1.82, 2.24) is 9.78 Å². The lowest BCUT2D eigenvalue weighted by molar-refractivity contribution is -0.117. The van der Waals surface area contributed by atoms with Gasteiger partial charge in [-0.1, -0.05) is 15.9 Å². The molecule has 1 aromatic heterocycles. The molecule has 0 bridgehead atoms. The van der Waals surface area contributed by atoms with Gasteiger partial charge >= 0.3 is 5.97 Å². The van der Waals surface area contributed by atoms with E-state index in [-0.39, 0.29) is 17.4 Å². The predicted octanol–water partition coefficient (Wildman–Crippen LogP) is 0.866. The molecule has 1 atom stereocenters. The van der Waals surface area contributed by atoms with Gasteiger partial charge < -0.3 is 5.11 Å². The van der Waals surface area contributed by atoms with Gasteiger partial charge in [0.15, 0.2) is 0 Å². The van der Waals surface area contributed by atoms with E-state index in [1.54, 1.807) is 7.05 Å². The monoisotopic (exact) mass is 301 g/mol. The van der Waals surface area contributed by atoms with Gasteiger partial charge in [0.25, 0.3) is 0 Å². The Bertz CT molecular complexity index is 471. The quantitative estimate of drug-likeness (QED) is 0.841. The van der Waals surface area contributed by atoms with Crippen LogP contribution in [0.4, 0.5) is 5.82 Å². The smallest absolute Gasteiger partial charge is 0.341 e. The first kappa shape index (κ1) is 12.1. The molecule has 17 heavy (non-hydrogen) atoms. The fraction of sp³-hybridized carbons (Fsp3) is 0.500. The summed E-state index contributed by atoms with van der Waals surface area (Å²) in [6.45, 7) is 0.532. The molecular formula is C10H12BrN3O3. The Morgan fingerprint density at radius 2 is 2.41 bits per heavy atom. The Morgan fingerprint density at radius 1 is 1.71 bits per heavy atom. The molecule has 1 saturated heterocycles. The highest BCUT2D eigenvalue weighted by atomic mass is 79.9. The van der Waals surface area contributed by atoms with Crippen molar-refractivity contribution in [2.24, 2.45) is 13.0 Å². The summed E-state index contributed by atoms with van der Waals surface area (Å²) in [5.41, 5.74) is 0.0658. The van der Waals surface area contributed by atoms with Gasteiger partial charge in [-0.05, 0) is 5.92 Å². The maximum atomic E-state index is 11.8. The van der Waals surface area contributed by atoms with Crippen LogP contribution in [0.15, 0.2) is 6.20 Å². The predicted molar refractivity (Wildman–Crippen MR) is 64.4 cm³/mol. The first-order chi connectivity index (χ1) is 8.04. The van der Waals surface area contributed by atoms with Crippen LogP contribution in [0, 0.1) is 5.92 Å². The first-order valence-corrected chi connectivity index (χ1v) is 6.28. The molecule has 1 aliphatic rings. The molecule has 2 heterocycles. The van der Waals surface area contributed by atoms with Gasteiger partial charge in [-0.25, -0.2) is 4.79 Å². The summed E-state index contributed by atoms with van der Waals surface area (Å²) in [6, 6.07) is 0. The van der Waals surface area contributed by atoms with Crippen molar-refractivity contribution in [1.29, 1.82) is 0 Å². The minimum absolute atomic E-state index is 0.0550. The third-order valence-electron chi connectivity index (χ3n) is 2.82. The van der Waals surface area contributed by atoms with E-state index < -0.39 is 5.97 Å². The average Bonchev–Trinajstić information content (AvgIpc) is 2.81. The molecule has 0 saturated carbocycles. The van der Waals surface area contributed by atoms with Gasteiger partial charge in [0, 0.05) is 25.3 Å². The topological polar surface area (TPSA) is 75.4 Å². The molecule has 92 valence electrons. The van der Waals surface area contributed by atoms with Crippen LogP contribution in [0.25, 0.3) is 0 Å². The molecule has 1 unspecified atom stereocenters. The van der Waals surface area contributed by atoms with Gasteiger partial charge in [0.1, 0.15) is 11.4 Å². The van der Waals surface area contributed by atoms with E-state index in [1.807, 2.05) is 0 Å². The molecule has 1 aliphatic heterocycles. The van der Waals surface area contributed by atoms with Crippen molar-refractivity contribution in [3.63, 3.8) is 0 Å². The fourth-order valence-corrected chi connectivity index (χ4v) is 2.43. The number of anilines is 1. The van der Waals surface area contributed by atoms with Crippen molar-refractivity contribution in [2.45, 2.75) is 6.42 Å². The van der Waals surface area contributed by atoms with E-state index in [0.29, 0.717) is 18.8 Å². The number of aromatic carboxylic acids is 1. The highest BCUT2D eigenvalue weighted by Gasteiger charge is 2.34. The number of carbonyl (C=O) groups excluding carboxylic acids is 1. The van der Waals surface area contributed by atoms with Crippen molar-refractivity contribution < 1.29 is 14.7 Å². The van der Waals surface area contributed by atoms with Crippen molar-refractivity contribution in [3.05, 3.63) is 11.8 Å². The van der Waals surface area contributed by atoms with Crippen molar-refractivity contribution >= 4 is 33.6 Å². The van der Waals surface area contributed by atoms with Crippen LogP contribution in [-0.2, 0) is 11.8 Å². The number of nitrogens with zero attached hydrogens (tertiary/aromatic N) is 3. The number of carboxylic acids is 1. The average molecular weight is 302 g/mol. The molecule has 2 rings (SSSR count). The van der Waals surface area contributed by atoms with Gasteiger partial charge in [0.05, 0.1) is 6.20 Å². The molecule has 0 radical (unpaired) electrons. The largest absolute Gasteiger partial charge is 0.477 e. The summed E-state index contributed by atoms with van der Waals surface area (Å²) >= 11 is 3.34. The van der Waals surface area contributed by atoms with E-state index in [9.17, 15) is 9.59 Å². The lowest BCUT2D eigenvalue weighted by Crippen LogP contribution is -2.28. The molecule has 7 heteroatoms. The SMILES string of the molecule is Cn1ncc(C(=O)O)c1N1CC(CBr)CC1=O. The summed E-state index contributed by atoms with van der Waals surface area (Å²) in [6.07, 6.45) is 1.71. The second kappa shape index (κ2) is 4.48. The Morgan fingerprint density at radius 3 is 2.94 bits per heavy atom. The van der Waals surface area contributed by atoms with Crippen LogP contribution in [0.3, 0.4) is 0 Å². The van der Waals surface area contributed by atoms with Crippen LogP contribution in [0.5, 0.6) is 0 Å². The third-order valence-corrected chi connectivity index (χ3v) is 3.73. The highest BCUT2D eigenvalue weighted by Crippen LogP contribution is 2.28. The number of aromatic nitrogens is 2. The summed E-state index contributed by atoms with van der Waals surface area (Å²) in [4.78, 5) is 24.4. The molecule has 1 amide bonds. The van der Waals surface area contributed by atoms with E-state index in [4.69, 9.17) is 5.11 Å². The highest BCUT2D eigenvalue weighted by molar-refractivity contribution is 9.09. The maximum Gasteiger partial charge on any atom is 0.341 e. The zero-order chi connectivity index (χ0) is 12.6. The minimum atomic E-state index is -1.07. The molecule has 1 N–H and O–H groups in total. The van der Waals surface area contributed by atoms with Crippen LogP contribution < -0.4 is 4.90 Å². The Labute approximate surface area is 106 Å². The maximum absolute atomic E-state index is 11.8. The van der Waals surface area contributed by atoms with Crippen LogP contribution in [-0.4, -0.2) is 38.6 Å². The second-order valence-corrected chi connectivity index (χ2v) is 4.69. The van der Waals surface area contributed by atoms with Crippen molar-refractivity contribution in [3.8, 4) is 0 Å². The summed E-state index contributed by atoms with van der Waals surface area (Å²) in [5, 5.41) is 13.7. The first-order valence-electron chi connectivity index (χ1n) is 5.16. The summed E-state index contributed by atoms with van der Waals surface area (Å²) in [7, 11) is 1.64. The third kappa shape index (κ3) is 2.06. The number of hydrogen-bond donors (Lipinski definition) is 1. The number of carboxylic acid groups (broad SMARTS) is 1. The number of hydrogen-bond acceptors (Lipinski definition) is 3. The lowest BCUT2D eigenvalue weighted by Gasteiger charge is -2.17. The number of amides is 1. The second-order valence-electron chi connectivity index (χ2n) is 4.04. The van der Waals surface area contributed by atoms with E-state index in [1.165, 1.54) is 15.8 Å². The molecule has 0 spiro atoms. The summed E-state index contributed by atoms with van der Waals surface area (Å²) in [5.74, 6) is -0.534. The van der Waals surface area contributed by atoms with Crippen LogP contribution in [0.2, 0.25) is 0 Å². The number of aryl methyl sites for hydroxylation is 1. The van der Waals surface area contributed by atoms with E-state index in [0.717, 1.165) is 5.33 Å². The Kier molecular flexibility index (Phi) is 3.19. The zero-order valence-corrected chi connectivity index (χ0v) is 10.8. The Balaban J connectivity index is 2.37.